The van der Waals surface area contributed by atoms with Crippen LogP contribution >= 0.6 is 11.8 Å². The molecule has 0 radical (unpaired) electrons. The highest BCUT2D eigenvalue weighted by Crippen LogP contribution is 2.13. The Labute approximate surface area is 117 Å². The van der Waals surface area contributed by atoms with E-state index in [4.69, 9.17) is 10.5 Å². The maximum atomic E-state index is 11.7. The fraction of sp³-hybridized carbons (Fsp3) is 0.750. The van der Waals surface area contributed by atoms with Crippen molar-refractivity contribution in [1.82, 2.24) is 4.90 Å². The molecule has 7 heteroatoms. The van der Waals surface area contributed by atoms with Crippen molar-refractivity contribution in [3.8, 4) is 0 Å². The van der Waals surface area contributed by atoms with Gasteiger partial charge in [0.1, 0.15) is 6.04 Å². The van der Waals surface area contributed by atoms with Crippen LogP contribution in [0.5, 0.6) is 0 Å². The number of hydrogen-bond donors (Lipinski definition) is 1. The Morgan fingerprint density at radius 2 is 2.26 bits per heavy atom. The zero-order chi connectivity index (χ0) is 14.3. The molecule has 0 aliphatic carbocycles. The number of amides is 2. The number of hydrogen-bond acceptors (Lipinski definition) is 6. The van der Waals surface area contributed by atoms with Gasteiger partial charge in [0.25, 0.3) is 0 Å². The maximum Gasteiger partial charge on any atom is 0.322 e. The summed E-state index contributed by atoms with van der Waals surface area (Å²) in [5.41, 5.74) is 5.63. The molecule has 1 saturated heterocycles. The fourth-order valence-electron chi connectivity index (χ4n) is 1.73. The summed E-state index contributed by atoms with van der Waals surface area (Å²) in [4.78, 5) is 35.6. The van der Waals surface area contributed by atoms with Crippen molar-refractivity contribution in [3.05, 3.63) is 0 Å². The minimum atomic E-state index is -0.643. The first kappa shape index (κ1) is 16.0. The lowest BCUT2D eigenvalue weighted by Crippen LogP contribution is -2.34. The quantitative estimate of drug-likeness (QED) is 0.530. The van der Waals surface area contributed by atoms with Crippen LogP contribution in [0.15, 0.2) is 0 Å². The van der Waals surface area contributed by atoms with E-state index in [0.29, 0.717) is 31.7 Å². The second-order valence-corrected chi connectivity index (χ2v) is 5.35. The molecule has 1 aliphatic rings. The Morgan fingerprint density at radius 3 is 2.84 bits per heavy atom. The van der Waals surface area contributed by atoms with Crippen molar-refractivity contribution in [1.29, 1.82) is 0 Å². The SMILES string of the molecule is CCOC(=O)C(N)CCSCC(=O)N1CCCC1=O. The number of imide groups is 1. The van der Waals surface area contributed by atoms with E-state index in [9.17, 15) is 14.4 Å². The van der Waals surface area contributed by atoms with Gasteiger partial charge >= 0.3 is 5.97 Å². The van der Waals surface area contributed by atoms with E-state index in [1.54, 1.807) is 6.92 Å². The molecular formula is C12H20N2O4S. The highest BCUT2D eigenvalue weighted by atomic mass is 32.2. The normalized spacial score (nSPS) is 16.5. The minimum Gasteiger partial charge on any atom is -0.465 e. The van der Waals surface area contributed by atoms with E-state index in [0.717, 1.165) is 6.42 Å². The summed E-state index contributed by atoms with van der Waals surface area (Å²) in [6.45, 7) is 2.57. The topological polar surface area (TPSA) is 89.7 Å². The maximum absolute atomic E-state index is 11.7. The van der Waals surface area contributed by atoms with Crippen LogP contribution in [0.1, 0.15) is 26.2 Å². The number of nitrogens with zero attached hydrogens (tertiary/aromatic N) is 1. The Balaban J connectivity index is 2.15. The van der Waals surface area contributed by atoms with Gasteiger partial charge in [-0.2, -0.15) is 11.8 Å². The van der Waals surface area contributed by atoms with E-state index < -0.39 is 12.0 Å². The fourth-order valence-corrected chi connectivity index (χ4v) is 2.62. The Bertz CT molecular complexity index is 349. The second-order valence-electron chi connectivity index (χ2n) is 4.24. The van der Waals surface area contributed by atoms with E-state index >= 15 is 0 Å². The number of nitrogens with two attached hydrogens (primary N) is 1. The summed E-state index contributed by atoms with van der Waals surface area (Å²) in [7, 11) is 0. The van der Waals surface area contributed by atoms with Gasteiger partial charge in [-0.1, -0.05) is 0 Å². The third-order valence-corrected chi connectivity index (χ3v) is 3.74. The van der Waals surface area contributed by atoms with Crippen LogP contribution in [0.2, 0.25) is 0 Å². The number of rotatable bonds is 7. The van der Waals surface area contributed by atoms with Crippen LogP contribution < -0.4 is 5.73 Å². The monoisotopic (exact) mass is 288 g/mol. The average Bonchev–Trinajstić information content (AvgIpc) is 2.80. The lowest BCUT2D eigenvalue weighted by atomic mass is 10.2. The zero-order valence-corrected chi connectivity index (χ0v) is 11.9. The minimum absolute atomic E-state index is 0.0891. The smallest absolute Gasteiger partial charge is 0.322 e. The largest absolute Gasteiger partial charge is 0.465 e. The molecule has 1 unspecified atom stereocenters. The number of likely N-dealkylation sites (tertiary alicyclic amines) is 1. The molecule has 6 nitrogen and oxygen atoms in total. The molecule has 1 aliphatic heterocycles. The van der Waals surface area contributed by atoms with Gasteiger partial charge in [-0.3, -0.25) is 19.3 Å². The number of thioether (sulfide) groups is 1. The molecule has 1 atom stereocenters. The molecule has 108 valence electrons. The molecule has 0 aromatic heterocycles. The van der Waals surface area contributed by atoms with Gasteiger partial charge in [0.05, 0.1) is 12.4 Å². The molecule has 1 rings (SSSR count). The van der Waals surface area contributed by atoms with Gasteiger partial charge in [0, 0.05) is 13.0 Å². The van der Waals surface area contributed by atoms with E-state index in [2.05, 4.69) is 0 Å². The Hall–Kier alpha value is -1.08. The molecule has 2 N–H and O–H groups in total. The summed E-state index contributed by atoms with van der Waals surface area (Å²) in [6.07, 6.45) is 1.68. The second kappa shape index (κ2) is 8.16. The van der Waals surface area contributed by atoms with Gasteiger partial charge < -0.3 is 10.5 Å². The van der Waals surface area contributed by atoms with Crippen LogP contribution in [-0.2, 0) is 19.1 Å². The molecule has 1 fully saturated rings. The first-order chi connectivity index (χ1) is 9.06. The first-order valence-electron chi connectivity index (χ1n) is 6.39. The van der Waals surface area contributed by atoms with Gasteiger partial charge in [-0.15, -0.1) is 0 Å². The standard InChI is InChI=1S/C12H20N2O4S/c1-2-18-12(17)9(13)5-7-19-8-11(16)14-6-3-4-10(14)15/h9H,2-8,13H2,1H3. The van der Waals surface area contributed by atoms with Gasteiger partial charge in [-0.05, 0) is 25.5 Å². The van der Waals surface area contributed by atoms with Crippen molar-refractivity contribution in [2.75, 3.05) is 24.7 Å². The summed E-state index contributed by atoms with van der Waals surface area (Å²) >= 11 is 1.38. The highest BCUT2D eigenvalue weighted by molar-refractivity contribution is 7.99. The van der Waals surface area contributed by atoms with Crippen molar-refractivity contribution in [3.63, 3.8) is 0 Å². The van der Waals surface area contributed by atoms with Crippen molar-refractivity contribution in [2.24, 2.45) is 5.73 Å². The summed E-state index contributed by atoms with van der Waals surface area (Å²) in [5.74, 6) is 0.185. The number of esters is 1. The van der Waals surface area contributed by atoms with Gasteiger partial charge in [0.2, 0.25) is 11.8 Å². The molecule has 2 amide bonds. The third-order valence-electron chi connectivity index (χ3n) is 2.76. The zero-order valence-electron chi connectivity index (χ0n) is 11.1. The van der Waals surface area contributed by atoms with Crippen molar-refractivity contribution >= 4 is 29.5 Å². The van der Waals surface area contributed by atoms with Crippen molar-refractivity contribution < 1.29 is 19.1 Å². The summed E-state index contributed by atoms with van der Waals surface area (Å²) < 4.78 is 4.78. The van der Waals surface area contributed by atoms with Crippen LogP contribution in [0, 0.1) is 0 Å². The van der Waals surface area contributed by atoms with Crippen LogP contribution in [0.25, 0.3) is 0 Å². The van der Waals surface area contributed by atoms with E-state index in [-0.39, 0.29) is 17.6 Å². The molecule has 19 heavy (non-hydrogen) atoms. The highest BCUT2D eigenvalue weighted by Gasteiger charge is 2.25. The van der Waals surface area contributed by atoms with Crippen LogP contribution in [-0.4, -0.2) is 53.4 Å². The summed E-state index contributed by atoms with van der Waals surface area (Å²) in [6, 6.07) is -0.643. The lowest BCUT2D eigenvalue weighted by molar-refractivity contribution is -0.144. The van der Waals surface area contributed by atoms with Crippen LogP contribution in [0.4, 0.5) is 0 Å². The number of carbonyl (C=O) groups excluding carboxylic acids is 3. The van der Waals surface area contributed by atoms with Crippen molar-refractivity contribution in [2.45, 2.75) is 32.2 Å². The summed E-state index contributed by atoms with van der Waals surface area (Å²) in [5, 5.41) is 0. The predicted octanol–water partition coefficient (Wildman–Crippen LogP) is 0.149. The van der Waals surface area contributed by atoms with Crippen LogP contribution in [0.3, 0.4) is 0 Å². The number of carbonyl (C=O) groups is 3. The predicted molar refractivity (Wildman–Crippen MR) is 72.5 cm³/mol. The average molecular weight is 288 g/mol. The molecule has 0 aromatic carbocycles. The van der Waals surface area contributed by atoms with Gasteiger partial charge in [-0.25, -0.2) is 0 Å². The molecular weight excluding hydrogens is 268 g/mol. The van der Waals surface area contributed by atoms with Gasteiger partial charge in [0.15, 0.2) is 0 Å². The number of ether oxygens (including phenoxy) is 1. The molecule has 0 bridgehead atoms. The third kappa shape index (κ3) is 5.20. The van der Waals surface area contributed by atoms with E-state index in [1.807, 2.05) is 0 Å². The molecule has 1 heterocycles. The lowest BCUT2D eigenvalue weighted by Gasteiger charge is -2.13. The van der Waals surface area contributed by atoms with E-state index in [1.165, 1.54) is 16.7 Å². The first-order valence-corrected chi connectivity index (χ1v) is 7.55. The molecule has 0 saturated carbocycles. The molecule has 0 aromatic rings. The Kier molecular flexibility index (Phi) is 6.86. The Morgan fingerprint density at radius 1 is 1.53 bits per heavy atom. The molecule has 0 spiro atoms.